The lowest BCUT2D eigenvalue weighted by Crippen LogP contribution is -2.53. The zero-order chi connectivity index (χ0) is 24.9. The maximum absolute atomic E-state index is 12.0. The summed E-state index contributed by atoms with van der Waals surface area (Å²) in [5, 5.41) is 27.9. The average molecular weight is 472 g/mol. The van der Waals surface area contributed by atoms with Crippen LogP contribution >= 0.6 is 0 Å². The minimum absolute atomic E-state index is 0.0446. The van der Waals surface area contributed by atoms with E-state index in [2.05, 4.69) is 19.9 Å². The second-order valence-corrected chi connectivity index (χ2v) is 7.66. The number of carbonyl (C=O) groups is 1. The van der Waals surface area contributed by atoms with Crippen molar-refractivity contribution in [3.8, 4) is 5.75 Å². The molecule has 1 amide bonds. The second kappa shape index (κ2) is 10.7. The largest absolute Gasteiger partial charge is 0.486 e. The van der Waals surface area contributed by atoms with Crippen LogP contribution in [-0.2, 0) is 13.0 Å². The molecule has 4 rings (SSSR count). The molecule has 3 aromatic rings. The minimum atomic E-state index is -3.31. The van der Waals surface area contributed by atoms with E-state index in [0.29, 0.717) is 42.9 Å². The Morgan fingerprint density at radius 3 is 2.56 bits per heavy atom. The zero-order valence-electron chi connectivity index (χ0n) is 19.3. The molecule has 0 radical (unpaired) electrons. The maximum atomic E-state index is 12.0. The van der Waals surface area contributed by atoms with Crippen molar-refractivity contribution < 1.29 is 24.9 Å². The van der Waals surface area contributed by atoms with Crippen molar-refractivity contribution in [2.75, 3.05) is 13.1 Å². The fourth-order valence-electron chi connectivity index (χ4n) is 3.49. The SMILES string of the molecule is CC.CCc1cc2ncc(CN3CC(Oc4ccc(C(=O)NC(O)(O)O)nc4)C3)cc2[nH]c1=O. The summed E-state index contributed by atoms with van der Waals surface area (Å²) in [6.07, 6.45) is 0.458. The summed E-state index contributed by atoms with van der Waals surface area (Å²) in [4.78, 5) is 37.1. The molecule has 5 N–H and O–H groups in total. The first-order chi connectivity index (χ1) is 16.2. The van der Waals surface area contributed by atoms with Crippen molar-refractivity contribution in [3.05, 3.63) is 63.8 Å². The molecule has 4 heterocycles. The van der Waals surface area contributed by atoms with Gasteiger partial charge in [0.1, 0.15) is 17.5 Å². The molecule has 1 fully saturated rings. The van der Waals surface area contributed by atoms with Crippen LogP contribution in [0.1, 0.15) is 42.4 Å². The van der Waals surface area contributed by atoms with Gasteiger partial charge in [-0.2, -0.15) is 0 Å². The van der Waals surface area contributed by atoms with Gasteiger partial charge in [0, 0.05) is 31.4 Å². The Balaban J connectivity index is 0.00000158. The lowest BCUT2D eigenvalue weighted by Gasteiger charge is -2.38. The van der Waals surface area contributed by atoms with Gasteiger partial charge >= 0.3 is 6.10 Å². The lowest BCUT2D eigenvalue weighted by molar-refractivity contribution is -0.323. The van der Waals surface area contributed by atoms with E-state index in [-0.39, 0.29) is 17.4 Å². The lowest BCUT2D eigenvalue weighted by atomic mass is 10.1. The fraction of sp³-hybridized carbons (Fsp3) is 0.391. The van der Waals surface area contributed by atoms with Gasteiger partial charge in [0.15, 0.2) is 0 Å². The van der Waals surface area contributed by atoms with Gasteiger partial charge in [-0.15, -0.1) is 0 Å². The minimum Gasteiger partial charge on any atom is -0.486 e. The van der Waals surface area contributed by atoms with E-state index in [1.165, 1.54) is 18.3 Å². The number of nitrogens with one attached hydrogen (secondary N) is 2. The van der Waals surface area contributed by atoms with E-state index >= 15 is 0 Å². The van der Waals surface area contributed by atoms with Gasteiger partial charge in [-0.25, -0.2) is 4.98 Å². The zero-order valence-corrected chi connectivity index (χ0v) is 19.3. The summed E-state index contributed by atoms with van der Waals surface area (Å²) in [7, 11) is 0. The summed E-state index contributed by atoms with van der Waals surface area (Å²) >= 11 is 0. The summed E-state index contributed by atoms with van der Waals surface area (Å²) in [6.45, 7) is 7.98. The first-order valence-electron chi connectivity index (χ1n) is 11.1. The number of aromatic amines is 1. The van der Waals surface area contributed by atoms with E-state index in [1.54, 1.807) is 5.32 Å². The number of H-pyrrole nitrogens is 1. The van der Waals surface area contributed by atoms with Crippen LogP contribution in [0.15, 0.2) is 41.5 Å². The normalized spacial score (nSPS) is 14.2. The molecule has 182 valence electrons. The molecule has 11 heteroatoms. The molecule has 34 heavy (non-hydrogen) atoms. The number of ether oxygens (including phenoxy) is 1. The molecule has 3 aromatic heterocycles. The molecule has 0 aromatic carbocycles. The Morgan fingerprint density at radius 1 is 1.21 bits per heavy atom. The first kappa shape index (κ1) is 25.2. The Morgan fingerprint density at radius 2 is 1.94 bits per heavy atom. The number of fused-ring (bicyclic) bond motifs is 1. The topological polar surface area (TPSA) is 161 Å². The Labute approximate surface area is 196 Å². The number of nitrogens with zero attached hydrogens (tertiary/aromatic N) is 3. The highest BCUT2D eigenvalue weighted by molar-refractivity contribution is 5.92. The predicted molar refractivity (Wildman–Crippen MR) is 124 cm³/mol. The standard InChI is InChI=1S/C21H23N5O6.C2H6/c1-2-13-6-17-18(24-19(13)27)5-12(7-22-17)9-26-10-15(11-26)32-14-3-4-16(23-8-14)20(28)25-21(29,30)31;1-2/h3-8,15,29-31H,2,9-11H2,1H3,(H,24,27)(H,25,28);1-2H3. The fourth-order valence-corrected chi connectivity index (χ4v) is 3.49. The number of hydrogen-bond acceptors (Lipinski definition) is 9. The number of carbonyl (C=O) groups excluding carboxylic acids is 1. The number of aromatic nitrogens is 3. The summed E-state index contributed by atoms with van der Waals surface area (Å²) < 4.78 is 5.82. The van der Waals surface area contributed by atoms with Crippen LogP contribution in [-0.4, -0.2) is 66.4 Å². The van der Waals surface area contributed by atoms with E-state index in [4.69, 9.17) is 20.1 Å². The summed E-state index contributed by atoms with van der Waals surface area (Å²) in [5.74, 6) is -0.485. The molecule has 11 nitrogen and oxygen atoms in total. The van der Waals surface area contributed by atoms with Crippen LogP contribution in [0.25, 0.3) is 11.0 Å². The Bertz CT molecular complexity index is 1180. The van der Waals surface area contributed by atoms with Gasteiger partial charge < -0.3 is 25.0 Å². The number of amides is 1. The average Bonchev–Trinajstić information content (AvgIpc) is 2.77. The predicted octanol–water partition coefficient (Wildman–Crippen LogP) is 0.488. The van der Waals surface area contributed by atoms with Gasteiger partial charge in [0.05, 0.1) is 17.2 Å². The Hall–Kier alpha value is -3.38. The first-order valence-corrected chi connectivity index (χ1v) is 11.1. The number of rotatable bonds is 7. The number of aliphatic hydroxyl groups is 3. The van der Waals surface area contributed by atoms with Gasteiger partial charge in [0.25, 0.3) is 11.5 Å². The van der Waals surface area contributed by atoms with Crippen LogP contribution in [0.5, 0.6) is 5.75 Å². The van der Waals surface area contributed by atoms with Crippen LogP contribution in [0.3, 0.4) is 0 Å². The number of hydrogen-bond donors (Lipinski definition) is 5. The molecule has 0 bridgehead atoms. The smallest absolute Gasteiger partial charge is 0.369 e. The highest BCUT2D eigenvalue weighted by atomic mass is 16.7. The maximum Gasteiger partial charge on any atom is 0.369 e. The van der Waals surface area contributed by atoms with Crippen molar-refractivity contribution in [1.29, 1.82) is 0 Å². The van der Waals surface area contributed by atoms with Crippen molar-refractivity contribution in [3.63, 3.8) is 0 Å². The molecule has 0 spiro atoms. The molecular formula is C23H29N5O6. The van der Waals surface area contributed by atoms with Crippen molar-refractivity contribution in [1.82, 2.24) is 25.2 Å². The molecule has 1 saturated heterocycles. The van der Waals surface area contributed by atoms with Crippen molar-refractivity contribution in [2.24, 2.45) is 0 Å². The summed E-state index contributed by atoms with van der Waals surface area (Å²) in [6, 6.07) is 6.64. The third-order valence-corrected chi connectivity index (χ3v) is 5.09. The molecule has 0 unspecified atom stereocenters. The highest BCUT2D eigenvalue weighted by Gasteiger charge is 2.29. The molecule has 1 aliphatic heterocycles. The molecule has 1 aliphatic rings. The highest BCUT2D eigenvalue weighted by Crippen LogP contribution is 2.20. The molecule has 0 aliphatic carbocycles. The van der Waals surface area contributed by atoms with Crippen LogP contribution in [0.4, 0.5) is 0 Å². The van der Waals surface area contributed by atoms with E-state index < -0.39 is 12.0 Å². The second-order valence-electron chi connectivity index (χ2n) is 7.66. The molecule has 0 atom stereocenters. The third-order valence-electron chi connectivity index (χ3n) is 5.09. The quantitative estimate of drug-likeness (QED) is 0.309. The van der Waals surface area contributed by atoms with E-state index in [1.807, 2.05) is 39.1 Å². The number of likely N-dealkylation sites (tertiary alicyclic amines) is 1. The van der Waals surface area contributed by atoms with Crippen LogP contribution < -0.4 is 15.6 Å². The van der Waals surface area contributed by atoms with Crippen molar-refractivity contribution in [2.45, 2.75) is 45.9 Å². The Kier molecular flexibility index (Phi) is 7.94. The van der Waals surface area contributed by atoms with E-state index in [9.17, 15) is 9.59 Å². The van der Waals surface area contributed by atoms with Crippen molar-refractivity contribution >= 4 is 16.9 Å². The van der Waals surface area contributed by atoms with Gasteiger partial charge in [0.2, 0.25) is 0 Å². The van der Waals surface area contributed by atoms with Crippen LogP contribution in [0.2, 0.25) is 0 Å². The van der Waals surface area contributed by atoms with E-state index in [0.717, 1.165) is 11.1 Å². The number of aryl methyl sites for hydroxylation is 1. The summed E-state index contributed by atoms with van der Waals surface area (Å²) in [5.41, 5.74) is 2.99. The molecular weight excluding hydrogens is 442 g/mol. The van der Waals surface area contributed by atoms with Gasteiger partial charge in [-0.3, -0.25) is 24.8 Å². The number of pyridine rings is 3. The monoisotopic (exact) mass is 471 g/mol. The molecule has 0 saturated carbocycles. The van der Waals surface area contributed by atoms with Gasteiger partial charge in [-0.05, 0) is 36.2 Å². The van der Waals surface area contributed by atoms with Gasteiger partial charge in [-0.1, -0.05) is 20.8 Å². The third kappa shape index (κ3) is 6.35. The van der Waals surface area contributed by atoms with Crippen LogP contribution in [0, 0.1) is 0 Å².